The van der Waals surface area contributed by atoms with Crippen LogP contribution in [0.15, 0.2) is 72.1 Å². The molecule has 0 saturated heterocycles. The summed E-state index contributed by atoms with van der Waals surface area (Å²) in [5.41, 5.74) is -3.67. The molecule has 0 amide bonds. The van der Waals surface area contributed by atoms with E-state index in [4.69, 9.17) is 23.1 Å². The van der Waals surface area contributed by atoms with E-state index in [0.29, 0.717) is 0 Å². The molecule has 0 spiro atoms. The lowest BCUT2D eigenvalue weighted by Gasteiger charge is -2.16. The normalized spacial score (nSPS) is 12.2. The van der Waals surface area contributed by atoms with E-state index in [2.05, 4.69) is 4.98 Å². The standard InChI is InChI=1S/C18H17N2O2.CHF3O3S/c1-13(20-19)14(2)22-18(21)17(15-9-5-3-6-10-15)16-11-7-4-8-12-16;2-1(3,4)8(5,6)7/h3-12,17H,1-2H3;(H,5,6,7)/q+1;/p-1/b14-13-;. The van der Waals surface area contributed by atoms with Crippen LogP contribution in [-0.2, 0) is 19.6 Å². The summed E-state index contributed by atoms with van der Waals surface area (Å²) in [5.74, 6) is -0.647. The van der Waals surface area contributed by atoms with Crippen molar-refractivity contribution in [1.82, 2.24) is 0 Å². The molecule has 7 nitrogen and oxygen atoms in total. The Morgan fingerprint density at radius 1 is 1.00 bits per heavy atom. The number of benzene rings is 2. The van der Waals surface area contributed by atoms with E-state index < -0.39 is 27.5 Å². The van der Waals surface area contributed by atoms with Crippen LogP contribution in [-0.4, -0.2) is 24.4 Å². The topological polar surface area (TPSA) is 112 Å². The van der Waals surface area contributed by atoms with Crippen LogP contribution in [0.25, 0.3) is 4.98 Å². The molecule has 0 aromatic heterocycles. The van der Waals surface area contributed by atoms with Gasteiger partial charge in [-0.2, -0.15) is 13.2 Å². The van der Waals surface area contributed by atoms with Gasteiger partial charge in [0.05, 0.1) is 0 Å². The molecule has 0 fully saturated rings. The van der Waals surface area contributed by atoms with E-state index in [9.17, 15) is 18.0 Å². The van der Waals surface area contributed by atoms with Crippen LogP contribution in [0.1, 0.15) is 30.9 Å². The Kier molecular flexibility index (Phi) is 8.70. The lowest BCUT2D eigenvalue weighted by atomic mass is 9.91. The van der Waals surface area contributed by atoms with Gasteiger partial charge in [-0.25, -0.2) is 8.42 Å². The van der Waals surface area contributed by atoms with Crippen molar-refractivity contribution in [2.45, 2.75) is 25.3 Å². The Morgan fingerprint density at radius 2 is 1.37 bits per heavy atom. The molecule has 2 rings (SSSR count). The quantitative estimate of drug-likeness (QED) is 0.226. The third-order valence-corrected chi connectivity index (χ3v) is 4.27. The summed E-state index contributed by atoms with van der Waals surface area (Å²) in [6.45, 7) is 3.17. The van der Waals surface area contributed by atoms with Gasteiger partial charge in [0.15, 0.2) is 20.9 Å². The maximum absolute atomic E-state index is 12.6. The van der Waals surface area contributed by atoms with Gasteiger partial charge in [-0.3, -0.25) is 4.79 Å². The number of ether oxygens (including phenoxy) is 1. The van der Waals surface area contributed by atoms with Crippen LogP contribution in [0, 0.1) is 5.39 Å². The van der Waals surface area contributed by atoms with E-state index in [-0.39, 0.29) is 11.5 Å². The molecule has 0 aliphatic heterocycles. The van der Waals surface area contributed by atoms with Crippen molar-refractivity contribution < 1.29 is 35.7 Å². The molecule has 160 valence electrons. The van der Waals surface area contributed by atoms with Gasteiger partial charge in [0.2, 0.25) is 5.39 Å². The van der Waals surface area contributed by atoms with Crippen molar-refractivity contribution in [2.24, 2.45) is 0 Å². The third-order valence-electron chi connectivity index (χ3n) is 3.70. The SMILES string of the molecule is C/C([N+]#N)=C(\C)OC(=O)C(c1ccccc1)c1ccccc1.O=S(=O)([O-])C(F)(F)F. The summed E-state index contributed by atoms with van der Waals surface area (Å²) in [7, 11) is -6.09. The van der Waals surface area contributed by atoms with E-state index >= 15 is 0 Å². The lowest BCUT2D eigenvalue weighted by Crippen LogP contribution is -2.21. The molecule has 0 saturated carbocycles. The molecule has 2 aromatic carbocycles. The average molecular weight is 442 g/mol. The minimum atomic E-state index is -6.09. The second kappa shape index (κ2) is 10.5. The van der Waals surface area contributed by atoms with E-state index in [0.717, 1.165) is 11.1 Å². The van der Waals surface area contributed by atoms with Gasteiger partial charge in [-0.05, 0) is 11.1 Å². The summed E-state index contributed by atoms with van der Waals surface area (Å²) in [6.07, 6.45) is 0. The summed E-state index contributed by atoms with van der Waals surface area (Å²) >= 11 is 0. The highest BCUT2D eigenvalue weighted by atomic mass is 32.2. The van der Waals surface area contributed by atoms with Crippen molar-refractivity contribution >= 4 is 16.1 Å². The second-order valence-electron chi connectivity index (χ2n) is 5.82. The minimum absolute atomic E-state index is 0.272. The number of carbonyl (C=O) groups excluding carboxylic acids is 1. The molecule has 0 radical (unpaired) electrons. The van der Waals surface area contributed by atoms with Crippen LogP contribution in [0.3, 0.4) is 0 Å². The molecule has 0 N–H and O–H groups in total. The molecule has 0 aliphatic rings. The highest BCUT2D eigenvalue weighted by Gasteiger charge is 2.36. The fourth-order valence-electron chi connectivity index (χ4n) is 2.11. The maximum atomic E-state index is 12.6. The van der Waals surface area contributed by atoms with Gasteiger partial charge < -0.3 is 9.29 Å². The van der Waals surface area contributed by atoms with Crippen molar-refractivity contribution in [1.29, 1.82) is 5.39 Å². The number of diazo groups is 1. The smallest absolute Gasteiger partial charge is 0.485 e. The first-order valence-corrected chi connectivity index (χ1v) is 9.65. The number of carbonyl (C=O) groups is 1. The van der Waals surface area contributed by atoms with Crippen LogP contribution in [0.4, 0.5) is 13.2 Å². The molecule has 0 heterocycles. The summed E-state index contributed by atoms with van der Waals surface area (Å²) in [4.78, 5) is 15.6. The molecule has 0 bridgehead atoms. The van der Waals surface area contributed by atoms with Gasteiger partial charge in [0, 0.05) is 13.8 Å². The predicted molar refractivity (Wildman–Crippen MR) is 100 cm³/mol. The maximum Gasteiger partial charge on any atom is 0.485 e. The molecule has 0 unspecified atom stereocenters. The highest BCUT2D eigenvalue weighted by Crippen LogP contribution is 2.27. The first kappa shape index (κ1) is 24.8. The Hall–Kier alpha value is -3.23. The zero-order valence-corrected chi connectivity index (χ0v) is 16.6. The third kappa shape index (κ3) is 7.31. The van der Waals surface area contributed by atoms with E-state index in [1.165, 1.54) is 0 Å². The van der Waals surface area contributed by atoms with Gasteiger partial charge in [-0.1, -0.05) is 60.7 Å². The Morgan fingerprint density at radius 3 is 1.67 bits per heavy atom. The fraction of sp³-hybridized carbons (Fsp3) is 0.211. The number of rotatable bonds is 4. The van der Waals surface area contributed by atoms with Gasteiger partial charge in [-0.15, -0.1) is 0 Å². The number of nitrogens with zero attached hydrogens (tertiary/aromatic N) is 2. The largest absolute Gasteiger partial charge is 0.741 e. The molecular weight excluding hydrogens is 425 g/mol. The highest BCUT2D eigenvalue weighted by molar-refractivity contribution is 7.86. The Labute approximate surface area is 171 Å². The Balaban J connectivity index is 0.000000479. The second-order valence-corrected chi connectivity index (χ2v) is 7.19. The molecule has 11 heteroatoms. The fourth-order valence-corrected chi connectivity index (χ4v) is 2.11. The molecular formula is C19H17F3N2O5S. The summed E-state index contributed by atoms with van der Waals surface area (Å²) in [5, 5.41) is 8.77. The number of hydrogen-bond acceptors (Lipinski definition) is 6. The van der Waals surface area contributed by atoms with Gasteiger partial charge >= 0.3 is 17.2 Å². The van der Waals surface area contributed by atoms with Crippen LogP contribution in [0.2, 0.25) is 0 Å². The molecule has 0 atom stereocenters. The van der Waals surface area contributed by atoms with Crippen molar-refractivity contribution in [3.63, 3.8) is 0 Å². The number of halogens is 3. The number of allylic oxidation sites excluding steroid dienone is 2. The average Bonchev–Trinajstić information content (AvgIpc) is 2.68. The van der Waals surface area contributed by atoms with E-state index in [1.54, 1.807) is 13.8 Å². The van der Waals surface area contributed by atoms with Crippen molar-refractivity contribution in [3.05, 3.63) is 88.2 Å². The van der Waals surface area contributed by atoms with Crippen LogP contribution >= 0.6 is 0 Å². The lowest BCUT2D eigenvalue weighted by molar-refractivity contribution is -0.140. The molecule has 30 heavy (non-hydrogen) atoms. The zero-order valence-electron chi connectivity index (χ0n) is 15.8. The van der Waals surface area contributed by atoms with Crippen LogP contribution in [0.5, 0.6) is 0 Å². The van der Waals surface area contributed by atoms with Crippen molar-refractivity contribution in [2.75, 3.05) is 0 Å². The monoisotopic (exact) mass is 442 g/mol. The minimum Gasteiger partial charge on any atom is -0.741 e. The van der Waals surface area contributed by atoms with Crippen LogP contribution < -0.4 is 0 Å². The first-order valence-electron chi connectivity index (χ1n) is 8.24. The molecule has 2 aromatic rings. The van der Waals surface area contributed by atoms with Gasteiger partial charge in [0.1, 0.15) is 5.92 Å². The number of hydrogen-bond donors (Lipinski definition) is 0. The number of esters is 1. The van der Waals surface area contributed by atoms with Crippen molar-refractivity contribution in [3.8, 4) is 0 Å². The molecule has 0 aliphatic carbocycles. The Bertz CT molecular complexity index is 992. The predicted octanol–water partition coefficient (Wildman–Crippen LogP) is 4.52. The number of alkyl halides is 3. The van der Waals surface area contributed by atoms with Gasteiger partial charge in [0.25, 0.3) is 0 Å². The van der Waals surface area contributed by atoms with E-state index in [1.807, 2.05) is 60.7 Å². The first-order chi connectivity index (χ1) is 13.9. The zero-order chi connectivity index (χ0) is 22.9. The summed E-state index contributed by atoms with van der Waals surface area (Å²) in [6, 6.07) is 18.9. The summed E-state index contributed by atoms with van der Waals surface area (Å²) < 4.78 is 64.3.